The van der Waals surface area contributed by atoms with Crippen molar-refractivity contribution in [3.8, 4) is 0 Å². The summed E-state index contributed by atoms with van der Waals surface area (Å²) in [6.07, 6.45) is 3.70. The van der Waals surface area contributed by atoms with Crippen LogP contribution >= 0.6 is 0 Å². The van der Waals surface area contributed by atoms with E-state index >= 15 is 0 Å². The smallest absolute Gasteiger partial charge is 0.239 e. The molecule has 0 aromatic carbocycles. The molecule has 2 aliphatic heterocycles. The third-order valence-electron chi connectivity index (χ3n) is 3.75. The van der Waals surface area contributed by atoms with Gasteiger partial charge in [-0.05, 0) is 32.7 Å². The number of hydrogen-bond donors (Lipinski definition) is 0. The van der Waals surface area contributed by atoms with Crippen molar-refractivity contribution in [2.75, 3.05) is 20.1 Å². The van der Waals surface area contributed by atoms with E-state index in [2.05, 4.69) is 4.90 Å². The van der Waals surface area contributed by atoms with Crippen molar-refractivity contribution in [2.45, 2.75) is 44.7 Å². The third kappa shape index (κ3) is 2.12. The number of ketones is 1. The van der Waals surface area contributed by atoms with E-state index in [0.29, 0.717) is 12.5 Å². The van der Waals surface area contributed by atoms with E-state index in [1.54, 1.807) is 11.8 Å². The fraction of sp³-hybridized carbons (Fsp3) is 0.833. The Labute approximate surface area is 96.6 Å². The SMILES string of the molecule is CC(=O)CC1CCCN1C1CCN(C)C1=O. The summed E-state index contributed by atoms with van der Waals surface area (Å²) < 4.78 is 0. The molecule has 0 N–H and O–H groups in total. The van der Waals surface area contributed by atoms with Gasteiger partial charge in [-0.2, -0.15) is 0 Å². The molecule has 2 unspecified atom stereocenters. The summed E-state index contributed by atoms with van der Waals surface area (Å²) >= 11 is 0. The predicted molar refractivity (Wildman–Crippen MR) is 61.1 cm³/mol. The second-order valence-corrected chi connectivity index (χ2v) is 5.00. The zero-order valence-corrected chi connectivity index (χ0v) is 10.1. The first-order valence-electron chi connectivity index (χ1n) is 6.09. The molecule has 2 saturated heterocycles. The van der Waals surface area contributed by atoms with Gasteiger partial charge in [-0.15, -0.1) is 0 Å². The lowest BCUT2D eigenvalue weighted by Crippen LogP contribution is -2.44. The van der Waals surface area contributed by atoms with Crippen LogP contribution in [0.4, 0.5) is 0 Å². The van der Waals surface area contributed by atoms with Gasteiger partial charge in [-0.1, -0.05) is 0 Å². The molecule has 0 aliphatic carbocycles. The molecule has 2 fully saturated rings. The van der Waals surface area contributed by atoms with Gasteiger partial charge < -0.3 is 4.90 Å². The maximum absolute atomic E-state index is 11.9. The lowest BCUT2D eigenvalue weighted by atomic mass is 10.1. The summed E-state index contributed by atoms with van der Waals surface area (Å²) in [6, 6.07) is 0.342. The van der Waals surface area contributed by atoms with Crippen molar-refractivity contribution in [3.63, 3.8) is 0 Å². The number of nitrogens with zero attached hydrogens (tertiary/aromatic N) is 2. The van der Waals surface area contributed by atoms with Crippen LogP contribution in [-0.4, -0.2) is 53.7 Å². The van der Waals surface area contributed by atoms with Crippen LogP contribution in [0.5, 0.6) is 0 Å². The first-order valence-corrected chi connectivity index (χ1v) is 6.09. The van der Waals surface area contributed by atoms with Gasteiger partial charge in [0.15, 0.2) is 0 Å². The molecule has 2 atom stereocenters. The van der Waals surface area contributed by atoms with Gasteiger partial charge in [0.2, 0.25) is 5.91 Å². The normalized spacial score (nSPS) is 31.4. The summed E-state index contributed by atoms with van der Waals surface area (Å²) in [5.74, 6) is 0.464. The summed E-state index contributed by atoms with van der Waals surface area (Å²) in [6.45, 7) is 3.47. The number of carbonyl (C=O) groups is 2. The van der Waals surface area contributed by atoms with E-state index in [4.69, 9.17) is 0 Å². The average molecular weight is 224 g/mol. The lowest BCUT2D eigenvalue weighted by molar-refractivity contribution is -0.132. The molecule has 16 heavy (non-hydrogen) atoms. The third-order valence-corrected chi connectivity index (χ3v) is 3.75. The van der Waals surface area contributed by atoms with E-state index in [1.807, 2.05) is 7.05 Å². The average Bonchev–Trinajstić information content (AvgIpc) is 2.76. The van der Waals surface area contributed by atoms with Gasteiger partial charge >= 0.3 is 0 Å². The standard InChI is InChI=1S/C12H20N2O2/c1-9(15)8-10-4-3-6-14(10)11-5-7-13(2)12(11)16/h10-11H,3-8H2,1-2H3. The van der Waals surface area contributed by atoms with Crippen molar-refractivity contribution in [1.29, 1.82) is 0 Å². The molecule has 2 rings (SSSR count). The Morgan fingerprint density at radius 1 is 1.38 bits per heavy atom. The minimum absolute atomic E-state index is 0.0387. The number of hydrogen-bond acceptors (Lipinski definition) is 3. The van der Waals surface area contributed by atoms with Gasteiger partial charge in [0, 0.05) is 26.1 Å². The Kier molecular flexibility index (Phi) is 3.28. The molecule has 4 heteroatoms. The molecule has 0 aromatic heterocycles. The van der Waals surface area contributed by atoms with Crippen LogP contribution in [0, 0.1) is 0 Å². The predicted octanol–water partition coefficient (Wildman–Crippen LogP) is 0.661. The summed E-state index contributed by atoms with van der Waals surface area (Å²) in [5.41, 5.74) is 0. The number of rotatable bonds is 3. The van der Waals surface area contributed by atoms with E-state index in [9.17, 15) is 9.59 Å². The van der Waals surface area contributed by atoms with E-state index < -0.39 is 0 Å². The lowest BCUT2D eigenvalue weighted by Gasteiger charge is -2.28. The molecular formula is C12H20N2O2. The fourth-order valence-corrected chi connectivity index (χ4v) is 2.93. The van der Waals surface area contributed by atoms with Crippen molar-refractivity contribution < 1.29 is 9.59 Å². The molecule has 90 valence electrons. The Hall–Kier alpha value is -0.900. The molecule has 0 spiro atoms. The Balaban J connectivity index is 2.02. The van der Waals surface area contributed by atoms with E-state index in [0.717, 1.165) is 32.4 Å². The number of Topliss-reactive ketones (excluding diaryl/α,β-unsaturated/α-hetero) is 1. The highest BCUT2D eigenvalue weighted by Crippen LogP contribution is 2.27. The summed E-state index contributed by atoms with van der Waals surface area (Å²) in [4.78, 5) is 27.2. The van der Waals surface area contributed by atoms with Crippen LogP contribution < -0.4 is 0 Å². The zero-order chi connectivity index (χ0) is 11.7. The Morgan fingerprint density at radius 3 is 2.69 bits per heavy atom. The molecule has 2 aliphatic rings. The largest absolute Gasteiger partial charge is 0.344 e. The minimum atomic E-state index is 0.0387. The maximum Gasteiger partial charge on any atom is 0.239 e. The summed E-state index contributed by atoms with van der Waals surface area (Å²) in [7, 11) is 1.86. The highest BCUT2D eigenvalue weighted by Gasteiger charge is 2.39. The van der Waals surface area contributed by atoms with Crippen LogP contribution in [-0.2, 0) is 9.59 Å². The van der Waals surface area contributed by atoms with Crippen LogP contribution in [0.25, 0.3) is 0 Å². The monoisotopic (exact) mass is 224 g/mol. The second kappa shape index (κ2) is 4.53. The Bertz CT molecular complexity index is 303. The number of likely N-dealkylation sites (N-methyl/N-ethyl adjacent to an activating group) is 1. The highest BCUT2D eigenvalue weighted by atomic mass is 16.2. The van der Waals surface area contributed by atoms with Gasteiger partial charge in [-0.25, -0.2) is 0 Å². The molecular weight excluding hydrogens is 204 g/mol. The Morgan fingerprint density at radius 2 is 2.12 bits per heavy atom. The molecule has 0 saturated carbocycles. The van der Waals surface area contributed by atoms with Gasteiger partial charge in [0.05, 0.1) is 6.04 Å². The van der Waals surface area contributed by atoms with Crippen molar-refractivity contribution in [1.82, 2.24) is 9.80 Å². The maximum atomic E-state index is 11.9. The van der Waals surface area contributed by atoms with Crippen molar-refractivity contribution in [2.24, 2.45) is 0 Å². The zero-order valence-electron chi connectivity index (χ0n) is 10.1. The van der Waals surface area contributed by atoms with Crippen molar-refractivity contribution >= 4 is 11.7 Å². The van der Waals surface area contributed by atoms with E-state index in [1.165, 1.54) is 0 Å². The first-order chi connectivity index (χ1) is 7.59. The quantitative estimate of drug-likeness (QED) is 0.707. The molecule has 1 amide bonds. The number of carbonyl (C=O) groups excluding carboxylic acids is 2. The molecule has 0 radical (unpaired) electrons. The molecule has 0 aromatic rings. The number of likely N-dealkylation sites (tertiary alicyclic amines) is 2. The molecule has 4 nitrogen and oxygen atoms in total. The molecule has 2 heterocycles. The second-order valence-electron chi connectivity index (χ2n) is 5.00. The first kappa shape index (κ1) is 11.6. The van der Waals surface area contributed by atoms with Crippen LogP contribution in [0.15, 0.2) is 0 Å². The highest BCUT2D eigenvalue weighted by molar-refractivity contribution is 5.84. The topological polar surface area (TPSA) is 40.6 Å². The molecule has 0 bridgehead atoms. The van der Waals surface area contributed by atoms with Crippen molar-refractivity contribution in [3.05, 3.63) is 0 Å². The fourth-order valence-electron chi connectivity index (χ4n) is 2.93. The minimum Gasteiger partial charge on any atom is -0.344 e. The van der Waals surface area contributed by atoms with E-state index in [-0.39, 0.29) is 17.7 Å². The number of amides is 1. The van der Waals surface area contributed by atoms with Gasteiger partial charge in [0.25, 0.3) is 0 Å². The van der Waals surface area contributed by atoms with Crippen LogP contribution in [0.1, 0.15) is 32.6 Å². The van der Waals surface area contributed by atoms with Crippen LogP contribution in [0.2, 0.25) is 0 Å². The summed E-state index contributed by atoms with van der Waals surface area (Å²) in [5, 5.41) is 0. The van der Waals surface area contributed by atoms with Gasteiger partial charge in [-0.3, -0.25) is 14.5 Å². The van der Waals surface area contributed by atoms with Crippen LogP contribution in [0.3, 0.4) is 0 Å². The van der Waals surface area contributed by atoms with Gasteiger partial charge in [0.1, 0.15) is 5.78 Å².